The number of hydrogen-bond donors (Lipinski definition) is 1. The molecule has 2 aromatic rings. The molecule has 6 nitrogen and oxygen atoms in total. The van der Waals surface area contributed by atoms with Crippen LogP contribution in [0.2, 0.25) is 0 Å². The molecule has 0 aliphatic heterocycles. The Morgan fingerprint density at radius 1 is 1.03 bits per heavy atom. The molecule has 11 heteroatoms. The van der Waals surface area contributed by atoms with Gasteiger partial charge in [0.15, 0.2) is 21.5 Å². The normalized spacial score (nSPS) is 18.3. The van der Waals surface area contributed by atoms with E-state index in [-0.39, 0.29) is 24.4 Å². The molecule has 0 atom stereocenters. The Hall–Kier alpha value is -2.66. The van der Waals surface area contributed by atoms with E-state index in [9.17, 15) is 30.8 Å². The zero-order valence-corrected chi connectivity index (χ0v) is 17.7. The van der Waals surface area contributed by atoms with Gasteiger partial charge in [0.2, 0.25) is 0 Å². The molecule has 174 valence electrons. The average Bonchev–Trinajstić information content (AvgIpc) is 2.65. The van der Waals surface area contributed by atoms with Crippen molar-refractivity contribution < 1.29 is 45.4 Å². The molecule has 0 amide bonds. The second kappa shape index (κ2) is 9.45. The summed E-state index contributed by atoms with van der Waals surface area (Å²) in [7, 11) is -2.94. The van der Waals surface area contributed by atoms with Gasteiger partial charge in [0.1, 0.15) is 28.4 Å². The van der Waals surface area contributed by atoms with E-state index in [0.29, 0.717) is 25.0 Å². The van der Waals surface area contributed by atoms with Gasteiger partial charge in [0.25, 0.3) is 0 Å². The minimum atomic E-state index is -4.48. The minimum absolute atomic E-state index is 0.00190. The number of carboxylic acid groups (broad SMARTS) is 1. The van der Waals surface area contributed by atoms with Gasteiger partial charge >= 0.3 is 5.97 Å². The van der Waals surface area contributed by atoms with Crippen LogP contribution in [0.4, 0.5) is 17.6 Å². The molecule has 0 radical (unpaired) electrons. The van der Waals surface area contributed by atoms with E-state index in [1.165, 1.54) is 7.11 Å². The fraction of sp³-hybridized carbons (Fsp3) is 0.381. The summed E-state index contributed by atoms with van der Waals surface area (Å²) in [5.74, 6) is -7.77. The highest BCUT2D eigenvalue weighted by atomic mass is 32.2. The molecule has 0 unspecified atom stereocenters. The van der Waals surface area contributed by atoms with Crippen LogP contribution in [0.25, 0.3) is 11.1 Å². The van der Waals surface area contributed by atoms with Gasteiger partial charge < -0.3 is 14.6 Å². The van der Waals surface area contributed by atoms with Crippen molar-refractivity contribution >= 4 is 15.8 Å². The fourth-order valence-corrected chi connectivity index (χ4v) is 4.81. The van der Waals surface area contributed by atoms with E-state index in [1.807, 2.05) is 0 Å². The lowest BCUT2D eigenvalue weighted by Crippen LogP contribution is -2.38. The molecule has 32 heavy (non-hydrogen) atoms. The zero-order chi connectivity index (χ0) is 23.6. The maximum atomic E-state index is 14.6. The second-order valence-corrected chi connectivity index (χ2v) is 9.47. The minimum Gasteiger partial charge on any atom is -0.490 e. The van der Waals surface area contributed by atoms with Crippen LogP contribution >= 0.6 is 0 Å². The van der Waals surface area contributed by atoms with Crippen molar-refractivity contribution in [2.75, 3.05) is 12.9 Å². The summed E-state index contributed by atoms with van der Waals surface area (Å²) in [6.07, 6.45) is -0.0418. The van der Waals surface area contributed by atoms with Gasteiger partial charge in [-0.25, -0.2) is 26.0 Å². The van der Waals surface area contributed by atoms with Crippen molar-refractivity contribution in [2.24, 2.45) is 0 Å². The first-order valence-electron chi connectivity index (χ1n) is 9.64. The highest BCUT2D eigenvalue weighted by molar-refractivity contribution is 7.91. The monoisotopic (exact) mass is 476 g/mol. The molecule has 0 bridgehead atoms. The summed E-state index contributed by atoms with van der Waals surface area (Å²) < 4.78 is 92.8. The van der Waals surface area contributed by atoms with Crippen LogP contribution in [0.1, 0.15) is 25.7 Å². The number of carboxylic acids is 1. The number of benzene rings is 2. The van der Waals surface area contributed by atoms with Gasteiger partial charge in [-0.15, -0.1) is 0 Å². The van der Waals surface area contributed by atoms with E-state index in [4.69, 9.17) is 14.6 Å². The van der Waals surface area contributed by atoms with Crippen LogP contribution in [0.5, 0.6) is 5.75 Å². The van der Waals surface area contributed by atoms with Gasteiger partial charge in [-0.3, -0.25) is 4.79 Å². The van der Waals surface area contributed by atoms with Gasteiger partial charge in [0.05, 0.1) is 11.9 Å². The van der Waals surface area contributed by atoms with Crippen LogP contribution in [-0.2, 0) is 19.4 Å². The van der Waals surface area contributed by atoms with Crippen LogP contribution in [0.15, 0.2) is 29.2 Å². The first-order chi connectivity index (χ1) is 15.0. The lowest BCUT2D eigenvalue weighted by Gasteiger charge is -2.34. The van der Waals surface area contributed by atoms with Gasteiger partial charge in [-0.2, -0.15) is 0 Å². The molecule has 1 N–H and O–H groups in total. The molecule has 1 fully saturated rings. The van der Waals surface area contributed by atoms with E-state index < -0.39 is 67.3 Å². The number of halogens is 4. The summed E-state index contributed by atoms with van der Waals surface area (Å²) in [5.41, 5.74) is -0.926. The summed E-state index contributed by atoms with van der Waals surface area (Å²) >= 11 is 0. The van der Waals surface area contributed by atoms with Crippen molar-refractivity contribution in [2.45, 2.75) is 42.8 Å². The number of rotatable bonds is 9. The van der Waals surface area contributed by atoms with Gasteiger partial charge in [-0.1, -0.05) is 0 Å². The number of hydrogen-bond acceptors (Lipinski definition) is 5. The molecule has 3 rings (SSSR count). The molecule has 1 aliphatic rings. The SMILES string of the molecule is COC1CC(Oc2cc(F)c(F)c(-c3cc(F)c(S(=O)(=O)CCCC(=O)O)c(F)c3)c2)C1. The molecule has 1 aliphatic carbocycles. The fourth-order valence-electron chi connectivity index (χ4n) is 3.37. The Kier molecular flexibility index (Phi) is 7.09. The third-order valence-corrected chi connectivity index (χ3v) is 6.95. The van der Waals surface area contributed by atoms with Gasteiger partial charge in [-0.05, 0) is 30.2 Å². The topological polar surface area (TPSA) is 89.9 Å². The van der Waals surface area contributed by atoms with E-state index in [0.717, 1.165) is 12.1 Å². The largest absolute Gasteiger partial charge is 0.490 e. The highest BCUT2D eigenvalue weighted by Crippen LogP contribution is 2.35. The Balaban J connectivity index is 1.91. The van der Waals surface area contributed by atoms with Crippen LogP contribution in [-0.4, -0.2) is 44.6 Å². The first kappa shape index (κ1) is 24.0. The Bertz CT molecular complexity index is 1110. The molecular weight excluding hydrogens is 456 g/mol. The van der Waals surface area contributed by atoms with E-state index in [1.54, 1.807) is 0 Å². The molecule has 0 saturated heterocycles. The molecule has 1 saturated carbocycles. The lowest BCUT2D eigenvalue weighted by molar-refractivity contribution is -0.137. The van der Waals surface area contributed by atoms with E-state index >= 15 is 0 Å². The highest BCUT2D eigenvalue weighted by Gasteiger charge is 2.31. The second-order valence-electron chi connectivity index (χ2n) is 7.42. The standard InChI is InChI=1S/C21H20F4O6S/c1-30-12-7-13(8-12)31-14-9-15(20(25)16(22)10-14)11-5-17(23)21(18(24)6-11)32(28,29)4-2-3-19(26)27/h5-6,9-10,12-13H,2-4,7-8H2,1H3,(H,26,27). The van der Waals surface area contributed by atoms with Crippen molar-refractivity contribution in [3.8, 4) is 16.9 Å². The molecule has 2 aromatic carbocycles. The number of sulfone groups is 1. The molecule has 0 aromatic heterocycles. The number of aliphatic carboxylic acids is 1. The average molecular weight is 476 g/mol. The zero-order valence-electron chi connectivity index (χ0n) is 16.9. The third-order valence-electron chi connectivity index (χ3n) is 5.11. The number of methoxy groups -OCH3 is 1. The molecule has 0 heterocycles. The van der Waals surface area contributed by atoms with E-state index in [2.05, 4.69) is 0 Å². The lowest BCUT2D eigenvalue weighted by atomic mass is 9.92. The van der Waals surface area contributed by atoms with Crippen molar-refractivity contribution in [3.05, 3.63) is 47.5 Å². The van der Waals surface area contributed by atoms with Crippen LogP contribution < -0.4 is 4.74 Å². The van der Waals surface area contributed by atoms with Crippen LogP contribution in [0, 0.1) is 23.3 Å². The predicted octanol–water partition coefficient (Wildman–Crippen LogP) is 4.10. The summed E-state index contributed by atoms with van der Waals surface area (Å²) in [6.45, 7) is 0. The summed E-state index contributed by atoms with van der Waals surface area (Å²) in [5, 5.41) is 8.60. The van der Waals surface area contributed by atoms with Crippen molar-refractivity contribution in [3.63, 3.8) is 0 Å². The third kappa shape index (κ3) is 5.21. The van der Waals surface area contributed by atoms with Crippen molar-refractivity contribution in [1.29, 1.82) is 0 Å². The quantitative estimate of drug-likeness (QED) is 0.548. The maximum absolute atomic E-state index is 14.6. The smallest absolute Gasteiger partial charge is 0.303 e. The Labute approximate surface area is 181 Å². The van der Waals surface area contributed by atoms with Gasteiger partial charge in [0, 0.05) is 38.0 Å². The summed E-state index contributed by atoms with van der Waals surface area (Å²) in [4.78, 5) is 9.29. The maximum Gasteiger partial charge on any atom is 0.303 e. The van der Waals surface area contributed by atoms with Crippen molar-refractivity contribution in [1.82, 2.24) is 0 Å². The Morgan fingerprint density at radius 3 is 2.22 bits per heavy atom. The van der Waals surface area contributed by atoms with Crippen LogP contribution in [0.3, 0.4) is 0 Å². The first-order valence-corrected chi connectivity index (χ1v) is 11.3. The number of ether oxygens (including phenoxy) is 2. The molecular formula is C21H20F4O6S. The number of carbonyl (C=O) groups is 1. The summed E-state index contributed by atoms with van der Waals surface area (Å²) in [6, 6.07) is 3.05. The predicted molar refractivity (Wildman–Crippen MR) is 105 cm³/mol. The Morgan fingerprint density at radius 2 is 1.66 bits per heavy atom. The molecule has 0 spiro atoms.